The van der Waals surface area contributed by atoms with E-state index in [9.17, 15) is 5.11 Å². The zero-order chi connectivity index (χ0) is 14.8. The van der Waals surface area contributed by atoms with Crippen molar-refractivity contribution in [2.24, 2.45) is 0 Å². The van der Waals surface area contributed by atoms with Gasteiger partial charge in [0.15, 0.2) is 5.65 Å². The van der Waals surface area contributed by atoms with Crippen molar-refractivity contribution in [1.29, 1.82) is 0 Å². The Kier molecular flexibility index (Phi) is 4.37. The molecule has 2 atom stereocenters. The Morgan fingerprint density at radius 1 is 1.52 bits per heavy atom. The van der Waals surface area contributed by atoms with Crippen LogP contribution in [-0.2, 0) is 6.54 Å². The van der Waals surface area contributed by atoms with Crippen LogP contribution >= 0.6 is 15.9 Å². The van der Waals surface area contributed by atoms with Gasteiger partial charge < -0.3 is 15.0 Å². The van der Waals surface area contributed by atoms with Crippen molar-refractivity contribution in [3.63, 3.8) is 0 Å². The van der Waals surface area contributed by atoms with Crippen LogP contribution in [0.15, 0.2) is 29.1 Å². The first-order valence-corrected chi connectivity index (χ1v) is 8.00. The number of piperidine rings is 1. The summed E-state index contributed by atoms with van der Waals surface area (Å²) in [5.41, 5.74) is 2.92. The zero-order valence-corrected chi connectivity index (χ0v) is 13.5. The number of pyridine rings is 1. The molecule has 0 unspecified atom stereocenters. The molecule has 0 aromatic carbocycles. The maximum atomic E-state index is 9.91. The molecule has 1 aliphatic rings. The maximum Gasteiger partial charge on any atom is 0.160 e. The number of imidazole rings is 1. The molecule has 112 valence electrons. The van der Waals surface area contributed by atoms with Crippen molar-refractivity contribution in [2.45, 2.75) is 38.5 Å². The second kappa shape index (κ2) is 6.25. The first kappa shape index (κ1) is 14.7. The van der Waals surface area contributed by atoms with Gasteiger partial charge in [-0.25, -0.2) is 9.97 Å². The van der Waals surface area contributed by atoms with Gasteiger partial charge in [-0.15, -0.1) is 0 Å². The van der Waals surface area contributed by atoms with Gasteiger partial charge in [0.1, 0.15) is 5.52 Å². The molecule has 0 aliphatic carbocycles. The molecule has 2 aromatic heterocycles. The average Bonchev–Trinajstić information content (AvgIpc) is 2.89. The van der Waals surface area contributed by atoms with Gasteiger partial charge in [0.05, 0.1) is 18.5 Å². The van der Waals surface area contributed by atoms with Crippen LogP contribution in [-0.4, -0.2) is 38.3 Å². The van der Waals surface area contributed by atoms with Crippen LogP contribution in [0.2, 0.25) is 0 Å². The minimum absolute atomic E-state index is 0.0531. The number of rotatable bonds is 3. The molecule has 0 bridgehead atoms. The fraction of sp³-hybridized carbons (Fsp3) is 0.467. The van der Waals surface area contributed by atoms with Crippen molar-refractivity contribution in [3.05, 3.63) is 34.7 Å². The van der Waals surface area contributed by atoms with Gasteiger partial charge in [0.2, 0.25) is 0 Å². The lowest BCUT2D eigenvalue weighted by Crippen LogP contribution is -2.43. The van der Waals surface area contributed by atoms with E-state index in [0.29, 0.717) is 6.54 Å². The molecule has 1 saturated heterocycles. The summed E-state index contributed by atoms with van der Waals surface area (Å²) in [6.45, 7) is 3.70. The van der Waals surface area contributed by atoms with Crippen LogP contribution in [0.4, 0.5) is 0 Å². The summed E-state index contributed by atoms with van der Waals surface area (Å²) in [7, 11) is 0. The fourth-order valence-electron chi connectivity index (χ4n) is 2.65. The van der Waals surface area contributed by atoms with Gasteiger partial charge in [-0.2, -0.15) is 0 Å². The SMILES string of the molecule is Cc1c(Br)cnc2c1ncn2C/C=C/[C@H]1NCCC[C@@H]1O. The smallest absolute Gasteiger partial charge is 0.160 e. The molecule has 0 amide bonds. The molecule has 6 heteroatoms. The first-order valence-electron chi connectivity index (χ1n) is 7.21. The van der Waals surface area contributed by atoms with Crippen molar-refractivity contribution < 1.29 is 5.11 Å². The molecule has 2 aromatic rings. The molecule has 1 aliphatic heterocycles. The number of halogens is 1. The van der Waals surface area contributed by atoms with E-state index in [0.717, 1.165) is 40.6 Å². The molecule has 3 rings (SSSR count). The topological polar surface area (TPSA) is 63.0 Å². The van der Waals surface area contributed by atoms with Crippen molar-refractivity contribution >= 4 is 27.1 Å². The van der Waals surface area contributed by atoms with Gasteiger partial charge in [0.25, 0.3) is 0 Å². The number of aryl methyl sites for hydroxylation is 1. The molecule has 2 N–H and O–H groups in total. The van der Waals surface area contributed by atoms with Crippen LogP contribution in [0, 0.1) is 6.92 Å². The minimum atomic E-state index is -0.286. The van der Waals surface area contributed by atoms with E-state index in [1.54, 1.807) is 0 Å². The summed E-state index contributed by atoms with van der Waals surface area (Å²) >= 11 is 3.48. The summed E-state index contributed by atoms with van der Waals surface area (Å²) in [4.78, 5) is 8.87. The third-order valence-electron chi connectivity index (χ3n) is 3.94. The molecule has 0 spiro atoms. The normalized spacial score (nSPS) is 23.2. The van der Waals surface area contributed by atoms with Crippen LogP contribution in [0.25, 0.3) is 11.2 Å². The third-order valence-corrected chi connectivity index (χ3v) is 4.74. The summed E-state index contributed by atoms with van der Waals surface area (Å²) in [5.74, 6) is 0. The van der Waals surface area contributed by atoms with Crippen LogP contribution in [0.3, 0.4) is 0 Å². The fourth-order valence-corrected chi connectivity index (χ4v) is 2.94. The number of hydrogen-bond acceptors (Lipinski definition) is 4. The van der Waals surface area contributed by atoms with Crippen molar-refractivity contribution in [3.8, 4) is 0 Å². The highest BCUT2D eigenvalue weighted by Crippen LogP contribution is 2.22. The lowest BCUT2D eigenvalue weighted by atomic mass is 10.0. The van der Waals surface area contributed by atoms with E-state index in [4.69, 9.17) is 0 Å². The van der Waals surface area contributed by atoms with E-state index in [2.05, 4.69) is 37.3 Å². The molecule has 0 radical (unpaired) electrons. The number of aliphatic hydroxyl groups excluding tert-OH is 1. The Morgan fingerprint density at radius 2 is 2.38 bits per heavy atom. The Balaban J connectivity index is 1.75. The Bertz CT molecular complexity index is 667. The summed E-state index contributed by atoms with van der Waals surface area (Å²) in [6, 6.07) is 0.0531. The largest absolute Gasteiger partial charge is 0.391 e. The Morgan fingerprint density at radius 3 is 3.19 bits per heavy atom. The van der Waals surface area contributed by atoms with Crippen LogP contribution < -0.4 is 5.32 Å². The molecular formula is C15H19BrN4O. The van der Waals surface area contributed by atoms with Crippen molar-refractivity contribution in [1.82, 2.24) is 19.9 Å². The van der Waals surface area contributed by atoms with Gasteiger partial charge in [-0.1, -0.05) is 12.2 Å². The molecule has 21 heavy (non-hydrogen) atoms. The van der Waals surface area contributed by atoms with Gasteiger partial charge in [-0.05, 0) is 47.8 Å². The second-order valence-corrected chi connectivity index (χ2v) is 6.27. The molecular weight excluding hydrogens is 332 g/mol. The van der Waals surface area contributed by atoms with E-state index < -0.39 is 0 Å². The zero-order valence-electron chi connectivity index (χ0n) is 12.0. The molecule has 3 heterocycles. The monoisotopic (exact) mass is 350 g/mol. The van der Waals surface area contributed by atoms with E-state index in [-0.39, 0.29) is 12.1 Å². The second-order valence-electron chi connectivity index (χ2n) is 5.42. The predicted molar refractivity (Wildman–Crippen MR) is 86.1 cm³/mol. The molecule has 5 nitrogen and oxygen atoms in total. The first-order chi connectivity index (χ1) is 10.2. The van der Waals surface area contributed by atoms with Crippen LogP contribution in [0.5, 0.6) is 0 Å². The van der Waals surface area contributed by atoms with Crippen LogP contribution in [0.1, 0.15) is 18.4 Å². The minimum Gasteiger partial charge on any atom is -0.391 e. The highest BCUT2D eigenvalue weighted by Gasteiger charge is 2.19. The predicted octanol–water partition coefficient (Wildman–Crippen LogP) is 2.17. The number of aliphatic hydroxyl groups is 1. The third kappa shape index (κ3) is 3.02. The van der Waals surface area contributed by atoms with Crippen molar-refractivity contribution in [2.75, 3.05) is 6.54 Å². The molecule has 0 saturated carbocycles. The Hall–Kier alpha value is -1.24. The lowest BCUT2D eigenvalue weighted by molar-refractivity contribution is 0.115. The highest BCUT2D eigenvalue weighted by molar-refractivity contribution is 9.10. The van der Waals surface area contributed by atoms with Gasteiger partial charge in [-0.3, -0.25) is 0 Å². The number of nitrogens with one attached hydrogen (secondary N) is 1. The number of fused-ring (bicyclic) bond motifs is 1. The summed E-state index contributed by atoms with van der Waals surface area (Å²) in [6.07, 6.45) is 9.35. The molecule has 1 fully saturated rings. The van der Waals surface area contributed by atoms with Gasteiger partial charge in [0, 0.05) is 17.2 Å². The number of nitrogens with zero attached hydrogens (tertiary/aromatic N) is 3. The standard InChI is InChI=1S/C15H19BrN4O/c1-10-11(16)8-18-15-14(10)19-9-20(15)7-3-4-12-13(21)5-2-6-17-12/h3-4,8-9,12-13,17,21H,2,5-7H2,1H3/b4-3+/t12-,13+/m1/s1. The van der Waals surface area contributed by atoms with Gasteiger partial charge >= 0.3 is 0 Å². The lowest BCUT2D eigenvalue weighted by Gasteiger charge is -2.26. The quantitative estimate of drug-likeness (QED) is 0.832. The maximum absolute atomic E-state index is 9.91. The highest BCUT2D eigenvalue weighted by atomic mass is 79.9. The summed E-state index contributed by atoms with van der Waals surface area (Å²) in [5, 5.41) is 13.2. The van der Waals surface area contributed by atoms with E-state index in [1.807, 2.05) is 30.1 Å². The number of hydrogen-bond donors (Lipinski definition) is 2. The number of aromatic nitrogens is 3. The average molecular weight is 351 g/mol. The van der Waals surface area contributed by atoms with E-state index >= 15 is 0 Å². The number of allylic oxidation sites excluding steroid dienone is 1. The summed E-state index contributed by atoms with van der Waals surface area (Å²) < 4.78 is 2.99. The van der Waals surface area contributed by atoms with E-state index in [1.165, 1.54) is 0 Å². The Labute approximate surface area is 132 Å².